The summed E-state index contributed by atoms with van der Waals surface area (Å²) in [7, 11) is 0. The minimum Gasteiger partial charge on any atom is -0.310 e. The number of Topliss-reactive ketones (excluding diaryl/α,β-unsaturated/α-hetero) is 1. The van der Waals surface area contributed by atoms with Crippen molar-refractivity contribution in [2.75, 3.05) is 11.1 Å². The molecule has 1 aromatic carbocycles. The molecular formula is C27H30N4O2S. The summed E-state index contributed by atoms with van der Waals surface area (Å²) in [6, 6.07) is 13.4. The maximum absolute atomic E-state index is 13.5. The average Bonchev–Trinajstić information content (AvgIpc) is 2.74. The second kappa shape index (κ2) is 9.66. The van der Waals surface area contributed by atoms with E-state index >= 15 is 0 Å². The number of carbonyl (C=O) groups excluding carboxylic acids is 2. The highest BCUT2D eigenvalue weighted by Crippen LogP contribution is 2.44. The number of thioether (sulfide) groups is 1. The summed E-state index contributed by atoms with van der Waals surface area (Å²) < 4.78 is 0. The number of rotatable bonds is 6. The first-order chi connectivity index (χ1) is 16.2. The van der Waals surface area contributed by atoms with Crippen molar-refractivity contribution in [1.82, 2.24) is 15.0 Å². The third-order valence-electron chi connectivity index (χ3n) is 6.05. The van der Waals surface area contributed by atoms with Gasteiger partial charge < -0.3 is 5.32 Å². The number of benzene rings is 1. The van der Waals surface area contributed by atoms with Crippen LogP contribution in [0.2, 0.25) is 0 Å². The van der Waals surface area contributed by atoms with Gasteiger partial charge in [-0.3, -0.25) is 9.59 Å². The van der Waals surface area contributed by atoms with Crippen LogP contribution in [-0.4, -0.2) is 32.4 Å². The summed E-state index contributed by atoms with van der Waals surface area (Å²) in [5.74, 6) is 1.67. The molecule has 34 heavy (non-hydrogen) atoms. The lowest BCUT2D eigenvalue weighted by molar-refractivity contribution is -0.115. The normalized spacial score (nSPS) is 16.7. The van der Waals surface area contributed by atoms with Crippen molar-refractivity contribution in [3.63, 3.8) is 0 Å². The first-order valence-electron chi connectivity index (χ1n) is 11.5. The standard InChI is InChI=1S/C27H30N4O2S/c1-6-34-19-9-7-18(8-10-19)14-24(32)31-23-12-11-20-22(30-23)15-27(4,5)25(26(20)33)21-13-16(2)28-17(3)29-21/h7-13,25H,6,14-15H2,1-5H3,(H,30,31,32). The lowest BCUT2D eigenvalue weighted by Crippen LogP contribution is -2.37. The van der Waals surface area contributed by atoms with Crippen LogP contribution in [0.1, 0.15) is 65.5 Å². The van der Waals surface area contributed by atoms with Crippen molar-refractivity contribution in [3.05, 3.63) is 76.5 Å². The molecular weight excluding hydrogens is 444 g/mol. The molecule has 0 fully saturated rings. The van der Waals surface area contributed by atoms with Crippen molar-refractivity contribution in [2.24, 2.45) is 5.41 Å². The molecule has 0 spiro atoms. The monoisotopic (exact) mass is 474 g/mol. The molecule has 7 heteroatoms. The SMILES string of the molecule is CCSc1ccc(CC(=O)Nc2ccc3c(n2)CC(C)(C)C(c2cc(C)nc(C)n2)C3=O)cc1. The van der Waals surface area contributed by atoms with Crippen LogP contribution in [0.5, 0.6) is 0 Å². The molecule has 0 bridgehead atoms. The van der Waals surface area contributed by atoms with Gasteiger partial charge in [-0.1, -0.05) is 32.9 Å². The maximum atomic E-state index is 13.5. The Labute approximate surface area is 205 Å². The van der Waals surface area contributed by atoms with E-state index in [9.17, 15) is 9.59 Å². The first kappa shape index (κ1) is 24.1. The molecule has 1 N–H and O–H groups in total. The second-order valence-corrected chi connectivity index (χ2v) is 10.8. The van der Waals surface area contributed by atoms with E-state index in [1.165, 1.54) is 4.90 Å². The largest absolute Gasteiger partial charge is 0.310 e. The van der Waals surface area contributed by atoms with E-state index in [0.717, 1.165) is 22.7 Å². The van der Waals surface area contributed by atoms with Gasteiger partial charge in [0, 0.05) is 16.2 Å². The predicted molar refractivity (Wildman–Crippen MR) is 135 cm³/mol. The zero-order valence-electron chi connectivity index (χ0n) is 20.3. The van der Waals surface area contributed by atoms with Gasteiger partial charge in [-0.25, -0.2) is 15.0 Å². The van der Waals surface area contributed by atoms with Crippen LogP contribution in [0.25, 0.3) is 0 Å². The summed E-state index contributed by atoms with van der Waals surface area (Å²) in [5.41, 5.74) is 3.50. The number of pyridine rings is 1. The molecule has 4 rings (SSSR count). The molecule has 176 valence electrons. The Balaban J connectivity index is 1.52. The summed E-state index contributed by atoms with van der Waals surface area (Å²) in [6.07, 6.45) is 0.885. The Bertz CT molecular complexity index is 1220. The predicted octanol–water partition coefficient (Wildman–Crippen LogP) is 5.33. The third-order valence-corrected chi connectivity index (χ3v) is 6.95. The van der Waals surface area contributed by atoms with Gasteiger partial charge in [-0.15, -0.1) is 11.8 Å². The zero-order valence-corrected chi connectivity index (χ0v) is 21.1. The Morgan fingerprint density at radius 1 is 1.09 bits per heavy atom. The zero-order chi connectivity index (χ0) is 24.5. The van der Waals surface area contributed by atoms with Crippen LogP contribution in [0.3, 0.4) is 0 Å². The van der Waals surface area contributed by atoms with Crippen molar-refractivity contribution in [3.8, 4) is 0 Å². The summed E-state index contributed by atoms with van der Waals surface area (Å²) in [5, 5.41) is 2.89. The van der Waals surface area contributed by atoms with E-state index in [0.29, 0.717) is 29.3 Å². The van der Waals surface area contributed by atoms with Gasteiger partial charge in [0.1, 0.15) is 11.6 Å². The second-order valence-electron chi connectivity index (χ2n) is 9.44. The van der Waals surface area contributed by atoms with Gasteiger partial charge in [-0.2, -0.15) is 0 Å². The first-order valence-corrected chi connectivity index (χ1v) is 12.5. The molecule has 1 aliphatic rings. The molecule has 3 aromatic rings. The highest BCUT2D eigenvalue weighted by atomic mass is 32.2. The highest BCUT2D eigenvalue weighted by Gasteiger charge is 2.44. The van der Waals surface area contributed by atoms with Gasteiger partial charge >= 0.3 is 0 Å². The molecule has 6 nitrogen and oxygen atoms in total. The fourth-order valence-corrected chi connectivity index (χ4v) is 5.31. The van der Waals surface area contributed by atoms with Crippen LogP contribution < -0.4 is 5.32 Å². The number of fused-ring (bicyclic) bond motifs is 1. The number of anilines is 1. The lowest BCUT2D eigenvalue weighted by Gasteiger charge is -2.37. The number of carbonyl (C=O) groups is 2. The molecule has 0 radical (unpaired) electrons. The van der Waals surface area contributed by atoms with E-state index in [2.05, 4.69) is 41.0 Å². The molecule has 1 atom stereocenters. The van der Waals surface area contributed by atoms with E-state index < -0.39 is 0 Å². The van der Waals surface area contributed by atoms with Crippen molar-refractivity contribution in [1.29, 1.82) is 0 Å². The van der Waals surface area contributed by atoms with Crippen molar-refractivity contribution in [2.45, 2.75) is 58.3 Å². The van der Waals surface area contributed by atoms with Gasteiger partial charge in [0.2, 0.25) is 5.91 Å². The van der Waals surface area contributed by atoms with Gasteiger partial charge in [0.25, 0.3) is 0 Å². The quantitative estimate of drug-likeness (QED) is 0.486. The fraction of sp³-hybridized carbons (Fsp3) is 0.370. The molecule has 1 unspecified atom stereocenters. The van der Waals surface area contributed by atoms with Gasteiger partial charge in [0.15, 0.2) is 5.78 Å². The molecule has 1 aliphatic carbocycles. The third kappa shape index (κ3) is 5.20. The number of ketones is 1. The number of aryl methyl sites for hydroxylation is 2. The minimum absolute atomic E-state index is 0.0131. The molecule has 2 aromatic heterocycles. The van der Waals surface area contributed by atoms with Crippen LogP contribution >= 0.6 is 11.8 Å². The van der Waals surface area contributed by atoms with E-state index in [4.69, 9.17) is 0 Å². The fourth-order valence-electron chi connectivity index (χ4n) is 4.64. The smallest absolute Gasteiger partial charge is 0.229 e. The van der Waals surface area contributed by atoms with Gasteiger partial charge in [-0.05, 0) is 67.3 Å². The number of aromatic nitrogens is 3. The minimum atomic E-state index is -0.370. The summed E-state index contributed by atoms with van der Waals surface area (Å²) >= 11 is 1.77. The number of amides is 1. The average molecular weight is 475 g/mol. The number of hydrogen-bond acceptors (Lipinski definition) is 6. The van der Waals surface area contributed by atoms with Crippen molar-refractivity contribution < 1.29 is 9.59 Å². The van der Waals surface area contributed by atoms with Crippen molar-refractivity contribution >= 4 is 29.3 Å². The van der Waals surface area contributed by atoms with Gasteiger partial charge in [0.05, 0.1) is 23.7 Å². The Morgan fingerprint density at radius 3 is 2.50 bits per heavy atom. The Morgan fingerprint density at radius 2 is 1.82 bits per heavy atom. The van der Waals surface area contributed by atoms with Crippen LogP contribution in [0, 0.1) is 19.3 Å². The maximum Gasteiger partial charge on any atom is 0.229 e. The van der Waals surface area contributed by atoms with Crippen LogP contribution in [0.4, 0.5) is 5.82 Å². The van der Waals surface area contributed by atoms with E-state index in [1.807, 2.05) is 44.2 Å². The Hall–Kier alpha value is -3.06. The number of nitrogens with zero attached hydrogens (tertiary/aromatic N) is 3. The molecule has 0 saturated heterocycles. The van der Waals surface area contributed by atoms with E-state index in [1.54, 1.807) is 23.9 Å². The Kier molecular flexibility index (Phi) is 6.84. The summed E-state index contributed by atoms with van der Waals surface area (Å²) in [6.45, 7) is 10.0. The lowest BCUT2D eigenvalue weighted by atomic mass is 9.66. The molecule has 1 amide bonds. The van der Waals surface area contributed by atoms with Crippen LogP contribution in [-0.2, 0) is 17.6 Å². The van der Waals surface area contributed by atoms with E-state index in [-0.39, 0.29) is 29.4 Å². The molecule has 2 heterocycles. The topological polar surface area (TPSA) is 84.8 Å². The highest BCUT2D eigenvalue weighted by molar-refractivity contribution is 7.99. The van der Waals surface area contributed by atoms with Crippen LogP contribution in [0.15, 0.2) is 47.4 Å². The summed E-state index contributed by atoms with van der Waals surface area (Å²) in [4.78, 5) is 40.9. The number of hydrogen-bond donors (Lipinski definition) is 1. The molecule has 0 saturated carbocycles. The number of nitrogens with one attached hydrogen (secondary N) is 1. The molecule has 0 aliphatic heterocycles.